The van der Waals surface area contributed by atoms with Crippen molar-refractivity contribution in [2.45, 2.75) is 20.0 Å². The summed E-state index contributed by atoms with van der Waals surface area (Å²) in [5, 5.41) is 0. The van der Waals surface area contributed by atoms with E-state index >= 15 is 0 Å². The third kappa shape index (κ3) is 3.23. The zero-order valence-corrected chi connectivity index (χ0v) is 12.2. The van der Waals surface area contributed by atoms with Crippen molar-refractivity contribution in [1.82, 2.24) is 0 Å². The Kier molecular flexibility index (Phi) is 4.88. The van der Waals surface area contributed by atoms with E-state index in [-0.39, 0.29) is 0 Å². The molecule has 0 heterocycles. The standard InChI is InChI=1S/C17H20O3/c1-4-13-7-5-6-8-14(13)12-20-15-9-10-16(18-2)17(11-15)19-3/h5-11H,4,12H2,1-3H3. The van der Waals surface area contributed by atoms with E-state index in [4.69, 9.17) is 14.2 Å². The Morgan fingerprint density at radius 1 is 0.850 bits per heavy atom. The predicted octanol–water partition coefficient (Wildman–Crippen LogP) is 3.85. The molecule has 2 aromatic carbocycles. The Balaban J connectivity index is 2.11. The monoisotopic (exact) mass is 272 g/mol. The van der Waals surface area contributed by atoms with Gasteiger partial charge in [0.1, 0.15) is 12.4 Å². The van der Waals surface area contributed by atoms with Crippen LogP contribution in [0.1, 0.15) is 18.1 Å². The van der Waals surface area contributed by atoms with Crippen LogP contribution in [0.2, 0.25) is 0 Å². The average Bonchev–Trinajstić information content (AvgIpc) is 2.52. The van der Waals surface area contributed by atoms with E-state index in [1.165, 1.54) is 11.1 Å². The van der Waals surface area contributed by atoms with Crippen LogP contribution in [-0.2, 0) is 13.0 Å². The molecule has 3 nitrogen and oxygen atoms in total. The van der Waals surface area contributed by atoms with E-state index in [9.17, 15) is 0 Å². The fourth-order valence-corrected chi connectivity index (χ4v) is 2.11. The number of ether oxygens (including phenoxy) is 3. The quantitative estimate of drug-likeness (QED) is 0.799. The van der Waals surface area contributed by atoms with E-state index in [0.29, 0.717) is 18.1 Å². The minimum Gasteiger partial charge on any atom is -0.493 e. The maximum absolute atomic E-state index is 5.84. The van der Waals surface area contributed by atoms with E-state index in [1.54, 1.807) is 14.2 Å². The molecule has 0 aliphatic heterocycles. The Labute approximate surface area is 120 Å². The highest BCUT2D eigenvalue weighted by Gasteiger charge is 2.06. The minimum absolute atomic E-state index is 0.555. The zero-order valence-electron chi connectivity index (χ0n) is 12.2. The van der Waals surface area contributed by atoms with Gasteiger partial charge in [-0.25, -0.2) is 0 Å². The summed E-state index contributed by atoms with van der Waals surface area (Å²) < 4.78 is 16.3. The van der Waals surface area contributed by atoms with Crippen LogP contribution >= 0.6 is 0 Å². The second-order valence-corrected chi connectivity index (χ2v) is 4.43. The third-order valence-electron chi connectivity index (χ3n) is 3.25. The zero-order chi connectivity index (χ0) is 14.4. The lowest BCUT2D eigenvalue weighted by Gasteiger charge is -2.12. The molecule has 0 bridgehead atoms. The Bertz CT molecular complexity index is 564. The van der Waals surface area contributed by atoms with Crippen LogP contribution in [0.15, 0.2) is 42.5 Å². The van der Waals surface area contributed by atoms with Gasteiger partial charge in [-0.15, -0.1) is 0 Å². The van der Waals surface area contributed by atoms with Crippen molar-refractivity contribution in [1.29, 1.82) is 0 Å². The van der Waals surface area contributed by atoms with Gasteiger partial charge in [0.05, 0.1) is 14.2 Å². The molecule has 106 valence electrons. The molecule has 0 radical (unpaired) electrons. The van der Waals surface area contributed by atoms with Gasteiger partial charge >= 0.3 is 0 Å². The first-order chi connectivity index (χ1) is 9.78. The van der Waals surface area contributed by atoms with Crippen molar-refractivity contribution in [2.24, 2.45) is 0 Å². The van der Waals surface area contributed by atoms with Crippen LogP contribution < -0.4 is 14.2 Å². The predicted molar refractivity (Wildman–Crippen MR) is 79.7 cm³/mol. The number of hydrogen-bond donors (Lipinski definition) is 0. The van der Waals surface area contributed by atoms with Crippen molar-refractivity contribution in [2.75, 3.05) is 14.2 Å². The molecule has 0 unspecified atom stereocenters. The Hall–Kier alpha value is -2.16. The van der Waals surface area contributed by atoms with E-state index in [2.05, 4.69) is 25.1 Å². The molecule has 0 atom stereocenters. The van der Waals surface area contributed by atoms with Gasteiger partial charge in [0.25, 0.3) is 0 Å². The first-order valence-electron chi connectivity index (χ1n) is 6.70. The van der Waals surface area contributed by atoms with Gasteiger partial charge in [-0.1, -0.05) is 31.2 Å². The number of rotatable bonds is 6. The molecule has 20 heavy (non-hydrogen) atoms. The number of hydrogen-bond acceptors (Lipinski definition) is 3. The van der Waals surface area contributed by atoms with Crippen molar-refractivity contribution in [3.63, 3.8) is 0 Å². The van der Waals surface area contributed by atoms with Gasteiger partial charge in [-0.05, 0) is 29.7 Å². The van der Waals surface area contributed by atoms with Crippen molar-refractivity contribution in [3.05, 3.63) is 53.6 Å². The molecule has 0 aromatic heterocycles. The van der Waals surface area contributed by atoms with Crippen LogP contribution in [0.3, 0.4) is 0 Å². The van der Waals surface area contributed by atoms with Crippen molar-refractivity contribution < 1.29 is 14.2 Å². The number of methoxy groups -OCH3 is 2. The Morgan fingerprint density at radius 2 is 1.55 bits per heavy atom. The van der Waals surface area contributed by atoms with Crippen molar-refractivity contribution in [3.8, 4) is 17.2 Å². The van der Waals surface area contributed by atoms with E-state index in [0.717, 1.165) is 12.2 Å². The van der Waals surface area contributed by atoms with Gasteiger partial charge in [-0.2, -0.15) is 0 Å². The summed E-state index contributed by atoms with van der Waals surface area (Å²) in [6.07, 6.45) is 1.01. The lowest BCUT2D eigenvalue weighted by Crippen LogP contribution is -2.00. The van der Waals surface area contributed by atoms with Gasteiger partial charge in [-0.3, -0.25) is 0 Å². The number of benzene rings is 2. The molecule has 0 aliphatic carbocycles. The van der Waals surface area contributed by atoms with Crippen molar-refractivity contribution >= 4 is 0 Å². The molecular weight excluding hydrogens is 252 g/mol. The fraction of sp³-hybridized carbons (Fsp3) is 0.294. The first-order valence-corrected chi connectivity index (χ1v) is 6.70. The van der Waals surface area contributed by atoms with Gasteiger partial charge in [0, 0.05) is 6.07 Å². The minimum atomic E-state index is 0.555. The van der Waals surface area contributed by atoms with Gasteiger partial charge in [0.2, 0.25) is 0 Å². The summed E-state index contributed by atoms with van der Waals surface area (Å²) in [4.78, 5) is 0. The molecule has 0 amide bonds. The highest BCUT2D eigenvalue weighted by atomic mass is 16.5. The topological polar surface area (TPSA) is 27.7 Å². The summed E-state index contributed by atoms with van der Waals surface area (Å²) in [6, 6.07) is 13.9. The first kappa shape index (κ1) is 14.3. The maximum Gasteiger partial charge on any atom is 0.164 e. The summed E-state index contributed by atoms with van der Waals surface area (Å²) in [6.45, 7) is 2.70. The smallest absolute Gasteiger partial charge is 0.164 e. The molecule has 2 rings (SSSR count). The lowest BCUT2D eigenvalue weighted by molar-refractivity contribution is 0.299. The van der Waals surface area contributed by atoms with Crippen LogP contribution in [0.5, 0.6) is 17.2 Å². The van der Waals surface area contributed by atoms with Crippen LogP contribution in [0.25, 0.3) is 0 Å². The number of aryl methyl sites for hydroxylation is 1. The Morgan fingerprint density at radius 3 is 2.20 bits per heavy atom. The lowest BCUT2D eigenvalue weighted by atomic mass is 10.1. The molecular formula is C17H20O3. The van der Waals surface area contributed by atoms with Gasteiger partial charge in [0.15, 0.2) is 11.5 Å². The summed E-state index contributed by atoms with van der Waals surface area (Å²) >= 11 is 0. The molecule has 0 N–H and O–H groups in total. The molecule has 0 saturated carbocycles. The van der Waals surface area contributed by atoms with Crippen LogP contribution in [0.4, 0.5) is 0 Å². The molecule has 3 heteroatoms. The van der Waals surface area contributed by atoms with E-state index < -0.39 is 0 Å². The normalized spacial score (nSPS) is 10.2. The summed E-state index contributed by atoms with van der Waals surface area (Å²) in [7, 11) is 3.24. The molecule has 2 aromatic rings. The second kappa shape index (κ2) is 6.85. The van der Waals surface area contributed by atoms with E-state index in [1.807, 2.05) is 24.3 Å². The molecule has 0 saturated heterocycles. The summed E-state index contributed by atoms with van der Waals surface area (Å²) in [5.41, 5.74) is 2.53. The fourth-order valence-electron chi connectivity index (χ4n) is 2.11. The molecule has 0 aliphatic rings. The van der Waals surface area contributed by atoms with Gasteiger partial charge < -0.3 is 14.2 Å². The highest BCUT2D eigenvalue weighted by molar-refractivity contribution is 5.45. The largest absolute Gasteiger partial charge is 0.493 e. The molecule has 0 spiro atoms. The maximum atomic E-state index is 5.84. The third-order valence-corrected chi connectivity index (χ3v) is 3.25. The average molecular weight is 272 g/mol. The molecule has 0 fully saturated rings. The second-order valence-electron chi connectivity index (χ2n) is 4.43. The summed E-state index contributed by atoms with van der Waals surface area (Å²) in [5.74, 6) is 2.15. The SMILES string of the molecule is CCc1ccccc1COc1ccc(OC)c(OC)c1. The van der Waals surface area contributed by atoms with Crippen LogP contribution in [-0.4, -0.2) is 14.2 Å². The highest BCUT2D eigenvalue weighted by Crippen LogP contribution is 2.31. The van der Waals surface area contributed by atoms with Crippen LogP contribution in [0, 0.1) is 0 Å².